The zero-order valence-electron chi connectivity index (χ0n) is 59.0. The van der Waals surface area contributed by atoms with Crippen LogP contribution in [0.4, 0.5) is 0 Å². The summed E-state index contributed by atoms with van der Waals surface area (Å²) in [4.78, 5) is 19.2. The Labute approximate surface area is 632 Å². The average Bonchev–Trinajstić information content (AvgIpc) is 1.54. The van der Waals surface area contributed by atoms with Gasteiger partial charge in [0, 0.05) is 122 Å². The molecule has 9 heterocycles. The van der Waals surface area contributed by atoms with Crippen LogP contribution in [-0.4, -0.2) is 47.4 Å². The van der Waals surface area contributed by atoms with E-state index in [-0.39, 0.29) is 23.6 Å². The summed E-state index contributed by atoms with van der Waals surface area (Å²) in [6.07, 6.45) is 0. The first-order chi connectivity index (χ1) is 53.0. The van der Waals surface area contributed by atoms with Gasteiger partial charge in [0.1, 0.15) is 33.6 Å². The minimum atomic E-state index is -0.256. The van der Waals surface area contributed by atoms with Crippen LogP contribution < -0.4 is 5.46 Å². The number of benzene rings is 14. The summed E-state index contributed by atoms with van der Waals surface area (Å²) in [5.41, 5.74) is 16.3. The fraction of sp³-hybridized carbons (Fsp3) is 0.0638. The van der Waals surface area contributed by atoms with Crippen molar-refractivity contribution in [3.63, 3.8) is 0 Å². The molecule has 0 unspecified atom stereocenters. The Morgan fingerprint density at radius 2 is 0.713 bits per heavy atom. The van der Waals surface area contributed by atoms with E-state index >= 15 is 0 Å². The number of hydrogen-bond donors (Lipinski definition) is 0. The van der Waals surface area contributed by atoms with Crippen LogP contribution in [0.5, 0.6) is 0 Å². The molecule has 0 atom stereocenters. The predicted octanol–water partition coefficient (Wildman–Crippen LogP) is 25.6. The van der Waals surface area contributed by atoms with E-state index in [0.29, 0.717) is 22.7 Å². The first-order valence-electron chi connectivity index (χ1n) is 36.2. The highest BCUT2D eigenvalue weighted by Gasteiger charge is 2.51. The van der Waals surface area contributed by atoms with Crippen molar-refractivity contribution in [2.24, 2.45) is 0 Å². The first kappa shape index (κ1) is 64.1. The molecule has 1 aliphatic heterocycles. The standard InChI is InChI=1S/C44H25N3OS.C38H20ClN3OS.C12H17BO2/c1-2-12-27(13-3-1)44-45-39(42-40(46-44)32-17-7-10-20-35(32)48-42)26-22-24-28(25-23-26)47-34-19-9-6-16-31(34)37-38-33-18-8-11-21-36(33)49-43(38)30-15-5-4-14-29(30)41(37)47;39-38-40-33(36-34(41-38)26-12-4-7-15-29(26)43-36)21-17-19-22(20-18-21)42-28-14-6-3-11-25(28)31-32-27-13-5-8-16-30(27)44-37(32)24-10-2-1-9-23(24)35(31)42;1-11(2)12(3,4)15-13(14-11)10-8-6-5-7-9-10/h1-25H;1-20H;5-9H,1-4H3. The Hall–Kier alpha value is -12.3. The highest BCUT2D eigenvalue weighted by Crippen LogP contribution is 2.51. The molecule has 0 spiro atoms. The zero-order chi connectivity index (χ0) is 72.1. The molecule has 8 aromatic heterocycles. The van der Waals surface area contributed by atoms with E-state index in [0.717, 1.165) is 72.2 Å². The molecular formula is C94H62BClN6O4S2. The van der Waals surface area contributed by atoms with Crippen molar-refractivity contribution >= 4 is 196 Å². The van der Waals surface area contributed by atoms with E-state index in [9.17, 15) is 0 Å². The van der Waals surface area contributed by atoms with Crippen LogP contribution in [0.1, 0.15) is 27.7 Å². The zero-order valence-corrected chi connectivity index (χ0v) is 61.3. The van der Waals surface area contributed by atoms with Gasteiger partial charge >= 0.3 is 7.12 Å². The van der Waals surface area contributed by atoms with Crippen LogP contribution in [0, 0.1) is 0 Å². The molecule has 0 amide bonds. The summed E-state index contributed by atoms with van der Waals surface area (Å²) in [5.74, 6) is 0.680. The number of aromatic nitrogens is 6. The van der Waals surface area contributed by atoms with Gasteiger partial charge < -0.3 is 27.3 Å². The Kier molecular flexibility index (Phi) is 14.8. The van der Waals surface area contributed by atoms with Crippen LogP contribution in [-0.2, 0) is 9.31 Å². The molecule has 0 saturated carbocycles. The third-order valence-electron chi connectivity index (χ3n) is 21.9. The average molecular weight is 1450 g/mol. The highest BCUT2D eigenvalue weighted by atomic mass is 35.5. The summed E-state index contributed by atoms with van der Waals surface area (Å²) in [5, 5.41) is 17.5. The lowest BCUT2D eigenvalue weighted by atomic mass is 9.79. The third-order valence-corrected chi connectivity index (χ3v) is 24.4. The number of halogens is 1. The molecule has 0 radical (unpaired) electrons. The lowest BCUT2D eigenvalue weighted by molar-refractivity contribution is 0.00578. The number of nitrogens with zero attached hydrogens (tertiary/aromatic N) is 6. The smallest absolute Gasteiger partial charge is 0.452 e. The molecule has 1 aliphatic rings. The Bertz CT molecular complexity index is 7390. The molecule has 514 valence electrons. The molecule has 10 nitrogen and oxygen atoms in total. The van der Waals surface area contributed by atoms with Crippen LogP contribution in [0.15, 0.2) is 312 Å². The quantitative estimate of drug-likeness (QED) is 0.120. The van der Waals surface area contributed by atoms with Crippen LogP contribution in [0.2, 0.25) is 5.28 Å². The van der Waals surface area contributed by atoms with Crippen LogP contribution >= 0.6 is 34.3 Å². The maximum absolute atomic E-state index is 6.44. The third kappa shape index (κ3) is 10.1. The van der Waals surface area contributed by atoms with Crippen molar-refractivity contribution in [2.45, 2.75) is 38.9 Å². The number of hydrogen-bond acceptors (Lipinski definition) is 10. The van der Waals surface area contributed by atoms with E-state index in [1.54, 1.807) is 0 Å². The second kappa shape index (κ2) is 24.9. The van der Waals surface area contributed by atoms with E-state index in [1.165, 1.54) is 106 Å². The van der Waals surface area contributed by atoms with Gasteiger partial charge in [0.15, 0.2) is 17.0 Å². The van der Waals surface area contributed by atoms with Crippen molar-refractivity contribution in [3.05, 3.63) is 309 Å². The van der Waals surface area contributed by atoms with Crippen LogP contribution in [0.3, 0.4) is 0 Å². The number of fused-ring (bicyclic) bond motifs is 26. The second-order valence-electron chi connectivity index (χ2n) is 28.6. The van der Waals surface area contributed by atoms with E-state index in [1.807, 2.05) is 114 Å². The van der Waals surface area contributed by atoms with E-state index < -0.39 is 0 Å². The van der Waals surface area contributed by atoms with Gasteiger partial charge in [-0.15, -0.1) is 22.7 Å². The number of furan rings is 2. The van der Waals surface area contributed by atoms with Gasteiger partial charge in [-0.05, 0) is 118 Å². The molecule has 22 aromatic rings. The normalized spacial score (nSPS) is 13.7. The number of rotatable bonds is 6. The van der Waals surface area contributed by atoms with Crippen molar-refractivity contribution < 1.29 is 18.1 Å². The summed E-state index contributed by atoms with van der Waals surface area (Å²) in [6, 6.07) is 106. The predicted molar refractivity (Wildman–Crippen MR) is 452 cm³/mol. The van der Waals surface area contributed by atoms with Crippen LogP contribution in [0.25, 0.3) is 195 Å². The fourth-order valence-electron chi connectivity index (χ4n) is 16.2. The number of para-hydroxylation sites is 4. The van der Waals surface area contributed by atoms with Gasteiger partial charge in [-0.25, -0.2) is 19.9 Å². The molecule has 0 aliphatic carbocycles. The molecule has 1 saturated heterocycles. The lowest BCUT2D eigenvalue weighted by Gasteiger charge is -2.32. The van der Waals surface area contributed by atoms with Gasteiger partial charge in [0.05, 0.1) is 33.3 Å². The van der Waals surface area contributed by atoms with E-state index in [2.05, 4.69) is 259 Å². The van der Waals surface area contributed by atoms with E-state index in [4.69, 9.17) is 39.7 Å². The topological polar surface area (TPSA) is 106 Å². The molecule has 0 N–H and O–H groups in total. The fourth-order valence-corrected chi connectivity index (χ4v) is 18.8. The molecule has 108 heavy (non-hydrogen) atoms. The van der Waals surface area contributed by atoms with Crippen molar-refractivity contribution in [3.8, 4) is 45.3 Å². The molecule has 14 aromatic carbocycles. The summed E-state index contributed by atoms with van der Waals surface area (Å²) in [7, 11) is -0.240. The summed E-state index contributed by atoms with van der Waals surface area (Å²) >= 11 is 10.2. The largest absolute Gasteiger partial charge is 0.494 e. The van der Waals surface area contributed by atoms with Gasteiger partial charge in [-0.1, -0.05) is 231 Å². The van der Waals surface area contributed by atoms with Gasteiger partial charge in [0.25, 0.3) is 0 Å². The number of thiophene rings is 2. The SMILES string of the molecule is CC1(C)OB(c2ccccc2)OC1(C)C.Clc1nc(-c2ccc(-n3c4ccccc4c4c5c6ccccc6sc5c5ccccc5c43)cc2)c2oc3ccccc3c2n1.c1ccc(-c2nc(-c3ccc(-n4c5ccccc5c5c6c7ccccc7sc6c6ccccc6c54)cc3)c3oc4ccccc4c3n2)cc1. The Balaban J connectivity index is 0.000000116. The van der Waals surface area contributed by atoms with Crippen molar-refractivity contribution in [1.29, 1.82) is 0 Å². The van der Waals surface area contributed by atoms with Crippen molar-refractivity contribution in [1.82, 2.24) is 29.1 Å². The minimum Gasteiger partial charge on any atom is -0.452 e. The monoisotopic (exact) mass is 1450 g/mol. The minimum absolute atomic E-state index is 0.198. The molecule has 14 heteroatoms. The van der Waals surface area contributed by atoms with Crippen molar-refractivity contribution in [2.75, 3.05) is 0 Å². The summed E-state index contributed by atoms with van der Waals surface area (Å²) in [6.45, 7) is 8.26. The Morgan fingerprint density at radius 3 is 1.19 bits per heavy atom. The molecular weight excluding hydrogens is 1390 g/mol. The summed E-state index contributed by atoms with van der Waals surface area (Å²) < 4.78 is 34.7. The van der Waals surface area contributed by atoms with Gasteiger partial charge in [-0.2, -0.15) is 0 Å². The Morgan fingerprint density at radius 1 is 0.333 bits per heavy atom. The highest BCUT2D eigenvalue weighted by molar-refractivity contribution is 7.27. The molecule has 1 fully saturated rings. The molecule has 23 rings (SSSR count). The maximum Gasteiger partial charge on any atom is 0.494 e. The van der Waals surface area contributed by atoms with Gasteiger partial charge in [-0.3, -0.25) is 0 Å². The lowest BCUT2D eigenvalue weighted by Crippen LogP contribution is -2.41. The van der Waals surface area contributed by atoms with Gasteiger partial charge in [0.2, 0.25) is 5.28 Å². The first-order valence-corrected chi connectivity index (χ1v) is 38.2. The molecule has 0 bridgehead atoms. The second-order valence-corrected chi connectivity index (χ2v) is 31.0. The maximum atomic E-state index is 6.44.